The van der Waals surface area contributed by atoms with Gasteiger partial charge in [0.25, 0.3) is 0 Å². The summed E-state index contributed by atoms with van der Waals surface area (Å²) in [5.74, 6) is 0.797. The number of amides is 1. The first kappa shape index (κ1) is 15.2. The lowest BCUT2D eigenvalue weighted by atomic mass is 10.2. The number of nitrogens with zero attached hydrogens (tertiary/aromatic N) is 2. The molecule has 0 aliphatic rings. The Morgan fingerprint density at radius 2 is 2.05 bits per heavy atom. The van der Waals surface area contributed by atoms with Gasteiger partial charge in [0.2, 0.25) is 5.91 Å². The van der Waals surface area contributed by atoms with Gasteiger partial charge >= 0.3 is 0 Å². The summed E-state index contributed by atoms with van der Waals surface area (Å²) in [4.78, 5) is 18.1. The van der Waals surface area contributed by atoms with Crippen molar-refractivity contribution in [2.45, 2.75) is 13.3 Å². The molecule has 0 fully saturated rings. The van der Waals surface area contributed by atoms with Crippen molar-refractivity contribution in [3.05, 3.63) is 24.3 Å². The maximum atomic E-state index is 11.7. The number of para-hydroxylation sites is 2. The Bertz CT molecular complexity index is 456. The highest BCUT2D eigenvalue weighted by molar-refractivity contribution is 5.95. The van der Waals surface area contributed by atoms with Gasteiger partial charge in [0.05, 0.1) is 24.4 Å². The second kappa shape index (κ2) is 7.53. The summed E-state index contributed by atoms with van der Waals surface area (Å²) in [6.07, 6.45) is 0.335. The summed E-state index contributed by atoms with van der Waals surface area (Å²) in [6, 6.07) is 7.48. The monoisotopic (exact) mass is 263 g/mol. The lowest BCUT2D eigenvalue weighted by Crippen LogP contribution is -2.18. The molecule has 5 nitrogen and oxygen atoms in total. The number of hydrogen-bond acceptors (Lipinski definition) is 3. The summed E-state index contributed by atoms with van der Waals surface area (Å²) in [5.41, 5.74) is 1.46. The molecule has 0 aliphatic carbocycles. The van der Waals surface area contributed by atoms with Crippen molar-refractivity contribution in [2.75, 3.05) is 33.1 Å². The Morgan fingerprint density at radius 1 is 1.37 bits per heavy atom. The summed E-state index contributed by atoms with van der Waals surface area (Å²) in [6.45, 7) is 2.33. The minimum absolute atomic E-state index is 0.0768. The molecule has 1 aromatic rings. The van der Waals surface area contributed by atoms with Crippen molar-refractivity contribution >= 4 is 23.1 Å². The van der Waals surface area contributed by atoms with E-state index in [9.17, 15) is 4.79 Å². The number of amidine groups is 1. The molecule has 0 spiro atoms. The van der Waals surface area contributed by atoms with Gasteiger partial charge in [-0.05, 0) is 19.1 Å². The Balaban J connectivity index is 2.84. The van der Waals surface area contributed by atoms with Crippen LogP contribution in [0.1, 0.15) is 13.3 Å². The normalized spacial score (nSPS) is 11.3. The number of methoxy groups -OCH3 is 1. The van der Waals surface area contributed by atoms with Crippen LogP contribution in [0.15, 0.2) is 29.3 Å². The van der Waals surface area contributed by atoms with E-state index in [0.717, 1.165) is 11.5 Å². The summed E-state index contributed by atoms with van der Waals surface area (Å²) < 4.78 is 4.88. The topological polar surface area (TPSA) is 53.9 Å². The first-order valence-corrected chi connectivity index (χ1v) is 6.15. The van der Waals surface area contributed by atoms with Crippen LogP contribution in [-0.2, 0) is 9.53 Å². The SMILES string of the molecule is COCCC(=O)Nc1ccccc1N=C(C)N(C)C. The number of carbonyl (C=O) groups excluding carboxylic acids is 1. The highest BCUT2D eigenvalue weighted by atomic mass is 16.5. The van der Waals surface area contributed by atoms with E-state index in [1.165, 1.54) is 0 Å². The molecule has 0 atom stereocenters. The molecule has 0 aromatic heterocycles. The second-order valence-electron chi connectivity index (χ2n) is 4.36. The number of aliphatic imine (C=N–C) groups is 1. The van der Waals surface area contributed by atoms with Gasteiger partial charge in [0.15, 0.2) is 0 Å². The van der Waals surface area contributed by atoms with Crippen molar-refractivity contribution in [2.24, 2.45) is 4.99 Å². The maximum absolute atomic E-state index is 11.7. The molecular formula is C14H21N3O2. The molecule has 0 bridgehead atoms. The molecular weight excluding hydrogens is 242 g/mol. The van der Waals surface area contributed by atoms with Crippen molar-refractivity contribution in [1.29, 1.82) is 0 Å². The third-order valence-electron chi connectivity index (χ3n) is 2.64. The summed E-state index contributed by atoms with van der Waals surface area (Å²) in [5, 5.41) is 2.85. The van der Waals surface area contributed by atoms with Crippen LogP contribution in [0.25, 0.3) is 0 Å². The second-order valence-corrected chi connectivity index (χ2v) is 4.36. The number of carbonyl (C=O) groups is 1. The van der Waals surface area contributed by atoms with E-state index in [1.54, 1.807) is 7.11 Å². The van der Waals surface area contributed by atoms with Crippen LogP contribution in [0.5, 0.6) is 0 Å². The largest absolute Gasteiger partial charge is 0.384 e. The van der Waals surface area contributed by atoms with Gasteiger partial charge in [0, 0.05) is 21.2 Å². The number of hydrogen-bond donors (Lipinski definition) is 1. The van der Waals surface area contributed by atoms with Crippen molar-refractivity contribution in [3.63, 3.8) is 0 Å². The number of benzene rings is 1. The highest BCUT2D eigenvalue weighted by Gasteiger charge is 2.06. The predicted octanol–water partition coefficient (Wildman–Crippen LogP) is 2.27. The van der Waals surface area contributed by atoms with Crippen LogP contribution in [0.2, 0.25) is 0 Å². The summed E-state index contributed by atoms with van der Waals surface area (Å²) >= 11 is 0. The third-order valence-corrected chi connectivity index (χ3v) is 2.64. The van der Waals surface area contributed by atoms with Gasteiger partial charge in [-0.2, -0.15) is 0 Å². The van der Waals surface area contributed by atoms with Gasteiger partial charge < -0.3 is 15.0 Å². The van der Waals surface area contributed by atoms with E-state index in [-0.39, 0.29) is 5.91 Å². The van der Waals surface area contributed by atoms with Crippen LogP contribution < -0.4 is 5.32 Å². The lowest BCUT2D eigenvalue weighted by Gasteiger charge is -2.13. The lowest BCUT2D eigenvalue weighted by molar-refractivity contribution is -0.117. The predicted molar refractivity (Wildman–Crippen MR) is 78.0 cm³/mol. The van der Waals surface area contributed by atoms with Gasteiger partial charge in [0.1, 0.15) is 5.84 Å². The van der Waals surface area contributed by atoms with Crippen molar-refractivity contribution in [1.82, 2.24) is 4.90 Å². The zero-order chi connectivity index (χ0) is 14.3. The molecule has 0 radical (unpaired) electrons. The molecule has 1 amide bonds. The van der Waals surface area contributed by atoms with Gasteiger partial charge in [-0.15, -0.1) is 0 Å². The third kappa shape index (κ3) is 5.09. The fourth-order valence-corrected chi connectivity index (χ4v) is 1.36. The molecule has 104 valence electrons. The Kier molecular flexibility index (Phi) is 6.02. The standard InChI is InChI=1S/C14H21N3O2/c1-11(17(2)3)15-12-7-5-6-8-13(12)16-14(18)9-10-19-4/h5-8H,9-10H2,1-4H3,(H,16,18). The zero-order valence-electron chi connectivity index (χ0n) is 11.9. The fraction of sp³-hybridized carbons (Fsp3) is 0.429. The minimum atomic E-state index is -0.0768. The molecule has 19 heavy (non-hydrogen) atoms. The summed E-state index contributed by atoms with van der Waals surface area (Å²) in [7, 11) is 5.43. The van der Waals surface area contributed by atoms with E-state index >= 15 is 0 Å². The van der Waals surface area contributed by atoms with Crippen LogP contribution in [0.3, 0.4) is 0 Å². The van der Waals surface area contributed by atoms with Crippen molar-refractivity contribution in [3.8, 4) is 0 Å². The number of anilines is 1. The van der Waals surface area contributed by atoms with Gasteiger partial charge in [-0.3, -0.25) is 4.79 Å². The molecule has 1 N–H and O–H groups in total. The molecule has 0 aliphatic heterocycles. The minimum Gasteiger partial charge on any atom is -0.384 e. The van der Waals surface area contributed by atoms with Crippen molar-refractivity contribution < 1.29 is 9.53 Å². The number of nitrogens with one attached hydrogen (secondary N) is 1. The van der Waals surface area contributed by atoms with E-state index in [4.69, 9.17) is 4.74 Å². The smallest absolute Gasteiger partial charge is 0.226 e. The molecule has 5 heteroatoms. The first-order chi connectivity index (χ1) is 9.04. The quantitative estimate of drug-likeness (QED) is 0.655. The van der Waals surface area contributed by atoms with Crippen LogP contribution in [-0.4, -0.2) is 44.5 Å². The first-order valence-electron chi connectivity index (χ1n) is 6.15. The van der Waals surface area contributed by atoms with Gasteiger partial charge in [-0.25, -0.2) is 4.99 Å². The Hall–Kier alpha value is -1.88. The number of ether oxygens (including phenoxy) is 1. The van der Waals surface area contributed by atoms with E-state index in [1.807, 2.05) is 50.2 Å². The maximum Gasteiger partial charge on any atom is 0.226 e. The highest BCUT2D eigenvalue weighted by Crippen LogP contribution is 2.24. The molecule has 0 unspecified atom stereocenters. The molecule has 0 saturated carbocycles. The van der Waals surface area contributed by atoms with Crippen LogP contribution >= 0.6 is 0 Å². The Labute approximate surface area is 114 Å². The average Bonchev–Trinajstić information content (AvgIpc) is 2.38. The average molecular weight is 263 g/mol. The van der Waals surface area contributed by atoms with E-state index in [0.29, 0.717) is 18.7 Å². The molecule has 0 saturated heterocycles. The van der Waals surface area contributed by atoms with Crippen LogP contribution in [0, 0.1) is 0 Å². The fourth-order valence-electron chi connectivity index (χ4n) is 1.36. The number of rotatable bonds is 5. The Morgan fingerprint density at radius 3 is 2.68 bits per heavy atom. The van der Waals surface area contributed by atoms with Crippen LogP contribution in [0.4, 0.5) is 11.4 Å². The van der Waals surface area contributed by atoms with E-state index < -0.39 is 0 Å². The molecule has 1 aromatic carbocycles. The molecule has 1 rings (SSSR count). The zero-order valence-corrected chi connectivity index (χ0v) is 11.9. The van der Waals surface area contributed by atoms with E-state index in [2.05, 4.69) is 10.3 Å². The van der Waals surface area contributed by atoms with Gasteiger partial charge in [-0.1, -0.05) is 12.1 Å². The molecule has 0 heterocycles.